The summed E-state index contributed by atoms with van der Waals surface area (Å²) < 4.78 is 31.6. The van der Waals surface area contributed by atoms with Gasteiger partial charge in [-0.3, -0.25) is 4.79 Å². The highest BCUT2D eigenvalue weighted by Gasteiger charge is 2.17. The summed E-state index contributed by atoms with van der Waals surface area (Å²) in [5.41, 5.74) is 2.37. The average molecular weight is 387 g/mol. The van der Waals surface area contributed by atoms with Crippen LogP contribution in [-0.4, -0.2) is 33.3 Å². The summed E-state index contributed by atoms with van der Waals surface area (Å²) in [5, 5.41) is 0. The molecular formula is C20H21NO5S. The SMILES string of the molecule is C=CCNS(=O)(=O)c1cccc(C(=O)OCC(=O)c2ccc(C)cc2C)c1. The summed E-state index contributed by atoms with van der Waals surface area (Å²) in [4.78, 5) is 24.4. The van der Waals surface area contributed by atoms with E-state index in [0.29, 0.717) is 5.56 Å². The van der Waals surface area contributed by atoms with Crippen molar-refractivity contribution in [3.8, 4) is 0 Å². The van der Waals surface area contributed by atoms with Crippen LogP contribution in [0.4, 0.5) is 0 Å². The molecule has 7 heteroatoms. The first-order valence-corrected chi connectivity index (χ1v) is 9.71. The van der Waals surface area contributed by atoms with E-state index in [1.54, 1.807) is 6.07 Å². The molecule has 0 unspecified atom stereocenters. The molecule has 0 aliphatic heterocycles. The molecule has 0 aromatic heterocycles. The number of ketones is 1. The highest BCUT2D eigenvalue weighted by Crippen LogP contribution is 2.14. The van der Waals surface area contributed by atoms with E-state index in [0.717, 1.165) is 11.1 Å². The first-order valence-electron chi connectivity index (χ1n) is 8.23. The molecule has 6 nitrogen and oxygen atoms in total. The third kappa shape index (κ3) is 5.35. The lowest BCUT2D eigenvalue weighted by Gasteiger charge is -2.09. The number of sulfonamides is 1. The number of ether oxygens (including phenoxy) is 1. The van der Waals surface area contributed by atoms with Gasteiger partial charge in [0.1, 0.15) is 0 Å². The minimum Gasteiger partial charge on any atom is -0.454 e. The van der Waals surface area contributed by atoms with Crippen molar-refractivity contribution in [3.05, 3.63) is 77.4 Å². The van der Waals surface area contributed by atoms with Crippen LogP contribution in [0.2, 0.25) is 0 Å². The minimum atomic E-state index is -3.76. The van der Waals surface area contributed by atoms with Crippen molar-refractivity contribution in [1.82, 2.24) is 4.72 Å². The molecule has 1 N–H and O–H groups in total. The van der Waals surface area contributed by atoms with E-state index in [1.807, 2.05) is 26.0 Å². The highest BCUT2D eigenvalue weighted by atomic mass is 32.2. The predicted octanol–water partition coefficient (Wildman–Crippen LogP) is 2.81. The van der Waals surface area contributed by atoms with Crippen molar-refractivity contribution >= 4 is 21.8 Å². The topological polar surface area (TPSA) is 89.5 Å². The molecular weight excluding hydrogens is 366 g/mol. The largest absolute Gasteiger partial charge is 0.454 e. The Morgan fingerprint density at radius 1 is 1.15 bits per heavy atom. The van der Waals surface area contributed by atoms with Crippen LogP contribution in [0.3, 0.4) is 0 Å². The zero-order valence-electron chi connectivity index (χ0n) is 15.2. The number of hydrogen-bond acceptors (Lipinski definition) is 5. The monoisotopic (exact) mass is 387 g/mol. The number of hydrogen-bond donors (Lipinski definition) is 1. The maximum atomic E-state index is 12.3. The fourth-order valence-electron chi connectivity index (χ4n) is 2.46. The normalized spacial score (nSPS) is 11.0. The molecule has 27 heavy (non-hydrogen) atoms. The van der Waals surface area contributed by atoms with E-state index in [4.69, 9.17) is 4.74 Å². The summed E-state index contributed by atoms with van der Waals surface area (Å²) in [5.74, 6) is -1.09. The molecule has 2 aromatic rings. The van der Waals surface area contributed by atoms with Gasteiger partial charge in [0.05, 0.1) is 10.5 Å². The Balaban J connectivity index is 2.09. The number of nitrogens with one attached hydrogen (secondary N) is 1. The third-order valence-electron chi connectivity index (χ3n) is 3.81. The molecule has 0 radical (unpaired) electrons. The Kier molecular flexibility index (Phi) is 6.65. The van der Waals surface area contributed by atoms with Crippen molar-refractivity contribution in [2.45, 2.75) is 18.7 Å². The standard InChI is InChI=1S/C20H21NO5S/c1-4-10-21-27(24,25)17-7-5-6-16(12-17)20(23)26-13-19(22)18-9-8-14(2)11-15(18)3/h4-9,11-12,21H,1,10,13H2,2-3H3. The maximum absolute atomic E-state index is 12.3. The maximum Gasteiger partial charge on any atom is 0.338 e. The van der Waals surface area contributed by atoms with Crippen LogP contribution in [0.1, 0.15) is 31.8 Å². The summed E-state index contributed by atoms with van der Waals surface area (Å²) in [6.07, 6.45) is 1.41. The van der Waals surface area contributed by atoms with E-state index in [2.05, 4.69) is 11.3 Å². The lowest BCUT2D eigenvalue weighted by atomic mass is 10.0. The molecule has 0 aliphatic rings. The predicted molar refractivity (Wildman–Crippen MR) is 102 cm³/mol. The quantitative estimate of drug-likeness (QED) is 0.427. The smallest absolute Gasteiger partial charge is 0.338 e. The fourth-order valence-corrected chi connectivity index (χ4v) is 3.50. The van der Waals surface area contributed by atoms with E-state index < -0.39 is 22.6 Å². The molecule has 0 amide bonds. The summed E-state index contributed by atoms with van der Waals surface area (Å²) in [6.45, 7) is 6.83. The number of Topliss-reactive ketones (excluding diaryl/α,β-unsaturated/α-hetero) is 1. The van der Waals surface area contributed by atoms with E-state index in [-0.39, 0.29) is 22.8 Å². The molecule has 0 saturated carbocycles. The lowest BCUT2D eigenvalue weighted by molar-refractivity contribution is 0.0474. The van der Waals surface area contributed by atoms with Crippen molar-refractivity contribution in [2.75, 3.05) is 13.2 Å². The zero-order chi connectivity index (χ0) is 20.0. The minimum absolute atomic E-state index is 0.0462. The lowest BCUT2D eigenvalue weighted by Crippen LogP contribution is -2.24. The van der Waals surface area contributed by atoms with Crippen molar-refractivity contribution in [3.63, 3.8) is 0 Å². The van der Waals surface area contributed by atoms with Crippen LogP contribution in [0.5, 0.6) is 0 Å². The Morgan fingerprint density at radius 3 is 2.56 bits per heavy atom. The third-order valence-corrected chi connectivity index (χ3v) is 5.24. The molecule has 2 aromatic carbocycles. The van der Waals surface area contributed by atoms with Crippen LogP contribution < -0.4 is 4.72 Å². The first kappa shape index (κ1) is 20.5. The fraction of sp³-hybridized carbons (Fsp3) is 0.200. The molecule has 2 rings (SSSR count). The second-order valence-corrected chi connectivity index (χ2v) is 7.75. The van der Waals surface area contributed by atoms with Gasteiger partial charge in [-0.2, -0.15) is 0 Å². The van der Waals surface area contributed by atoms with Crippen molar-refractivity contribution in [2.24, 2.45) is 0 Å². The van der Waals surface area contributed by atoms with Gasteiger partial charge in [-0.05, 0) is 37.6 Å². The van der Waals surface area contributed by atoms with Gasteiger partial charge in [0, 0.05) is 12.1 Å². The number of rotatable bonds is 8. The summed E-state index contributed by atoms with van der Waals surface area (Å²) >= 11 is 0. The zero-order valence-corrected chi connectivity index (χ0v) is 16.0. The molecule has 0 fully saturated rings. The molecule has 0 heterocycles. The van der Waals surface area contributed by atoms with Gasteiger partial charge in [0.15, 0.2) is 6.61 Å². The van der Waals surface area contributed by atoms with Gasteiger partial charge < -0.3 is 4.74 Å². The Morgan fingerprint density at radius 2 is 1.89 bits per heavy atom. The van der Waals surface area contributed by atoms with Gasteiger partial charge in [-0.1, -0.05) is 35.9 Å². The van der Waals surface area contributed by atoms with Gasteiger partial charge in [0.2, 0.25) is 15.8 Å². The van der Waals surface area contributed by atoms with E-state index >= 15 is 0 Å². The molecule has 0 spiro atoms. The molecule has 142 valence electrons. The van der Waals surface area contributed by atoms with Gasteiger partial charge in [0.25, 0.3) is 0 Å². The second-order valence-electron chi connectivity index (χ2n) is 5.99. The highest BCUT2D eigenvalue weighted by molar-refractivity contribution is 7.89. The van der Waals surface area contributed by atoms with Gasteiger partial charge in [-0.15, -0.1) is 6.58 Å². The summed E-state index contributed by atoms with van der Waals surface area (Å²) in [6, 6.07) is 10.8. The van der Waals surface area contributed by atoms with Crippen molar-refractivity contribution < 1.29 is 22.7 Å². The number of aryl methyl sites for hydroxylation is 2. The first-order chi connectivity index (χ1) is 12.7. The van der Waals surface area contributed by atoms with Gasteiger partial charge in [-0.25, -0.2) is 17.9 Å². The average Bonchev–Trinajstić information content (AvgIpc) is 2.64. The van der Waals surface area contributed by atoms with Crippen LogP contribution in [0, 0.1) is 13.8 Å². The van der Waals surface area contributed by atoms with Gasteiger partial charge >= 0.3 is 5.97 Å². The Labute approximate surface area is 158 Å². The molecule has 0 saturated heterocycles. The Bertz CT molecular complexity index is 980. The van der Waals surface area contributed by atoms with Crippen molar-refractivity contribution in [1.29, 1.82) is 0 Å². The van der Waals surface area contributed by atoms with E-state index in [9.17, 15) is 18.0 Å². The number of carbonyl (C=O) groups excluding carboxylic acids is 2. The number of carbonyl (C=O) groups is 2. The van der Waals surface area contributed by atoms with Crippen LogP contribution in [0.25, 0.3) is 0 Å². The summed E-state index contributed by atoms with van der Waals surface area (Å²) in [7, 11) is -3.76. The number of benzene rings is 2. The molecule has 0 atom stereocenters. The van der Waals surface area contributed by atoms with Crippen LogP contribution >= 0.6 is 0 Å². The molecule has 0 aliphatic carbocycles. The van der Waals surface area contributed by atoms with E-state index in [1.165, 1.54) is 30.3 Å². The second kappa shape index (κ2) is 8.75. The van der Waals surface area contributed by atoms with Crippen LogP contribution in [0.15, 0.2) is 60.0 Å². The number of esters is 1. The van der Waals surface area contributed by atoms with Crippen LogP contribution in [-0.2, 0) is 14.8 Å². The Hall–Kier alpha value is -2.77. The molecule has 0 bridgehead atoms.